The lowest BCUT2D eigenvalue weighted by Crippen LogP contribution is -2.18. The van der Waals surface area contributed by atoms with Gasteiger partial charge >= 0.3 is 0 Å². The lowest BCUT2D eigenvalue weighted by molar-refractivity contribution is 0.564. The van der Waals surface area contributed by atoms with Crippen molar-refractivity contribution in [1.82, 2.24) is 20.5 Å². The van der Waals surface area contributed by atoms with Gasteiger partial charge in [-0.3, -0.25) is 4.79 Å². The zero-order chi connectivity index (χ0) is 13.0. The minimum absolute atomic E-state index is 0.124. The van der Waals surface area contributed by atoms with E-state index in [1.54, 1.807) is 6.07 Å². The summed E-state index contributed by atoms with van der Waals surface area (Å²) in [5.74, 6) is 0. The second-order valence-electron chi connectivity index (χ2n) is 4.05. The SMILES string of the molecule is CCCNC(C)c1nnc(-c2cccc(=O)[nH]2)s1. The number of hydrogen-bond acceptors (Lipinski definition) is 5. The highest BCUT2D eigenvalue weighted by Crippen LogP contribution is 2.24. The molecule has 2 aromatic rings. The molecule has 0 spiro atoms. The summed E-state index contributed by atoms with van der Waals surface area (Å²) in [5, 5.41) is 13.3. The van der Waals surface area contributed by atoms with Gasteiger partial charge in [-0.1, -0.05) is 24.3 Å². The Labute approximate surface area is 109 Å². The Bertz CT molecular complexity index is 563. The number of aromatic nitrogens is 3. The number of H-pyrrole nitrogens is 1. The molecule has 1 atom stereocenters. The van der Waals surface area contributed by atoms with Crippen LogP contribution in [0.1, 0.15) is 31.3 Å². The fraction of sp³-hybridized carbons (Fsp3) is 0.417. The third-order valence-electron chi connectivity index (χ3n) is 2.51. The molecule has 0 amide bonds. The van der Waals surface area contributed by atoms with Gasteiger partial charge in [0.2, 0.25) is 5.56 Å². The van der Waals surface area contributed by atoms with E-state index in [2.05, 4.69) is 34.3 Å². The molecule has 0 aliphatic carbocycles. The van der Waals surface area contributed by atoms with Crippen LogP contribution in [0.15, 0.2) is 23.0 Å². The summed E-state index contributed by atoms with van der Waals surface area (Å²) in [6, 6.07) is 5.22. The molecule has 96 valence electrons. The summed E-state index contributed by atoms with van der Waals surface area (Å²) in [7, 11) is 0. The number of aromatic amines is 1. The van der Waals surface area contributed by atoms with Gasteiger partial charge < -0.3 is 10.3 Å². The van der Waals surface area contributed by atoms with E-state index in [0.717, 1.165) is 23.0 Å². The van der Waals surface area contributed by atoms with Crippen LogP contribution in [0, 0.1) is 0 Å². The molecule has 0 saturated heterocycles. The predicted octanol–water partition coefficient (Wildman–Crippen LogP) is 1.95. The lowest BCUT2D eigenvalue weighted by atomic mass is 10.3. The van der Waals surface area contributed by atoms with Crippen molar-refractivity contribution in [3.8, 4) is 10.7 Å². The molecular formula is C12H16N4OS. The minimum atomic E-state index is -0.124. The van der Waals surface area contributed by atoms with Crippen LogP contribution in [0.3, 0.4) is 0 Å². The number of pyridine rings is 1. The van der Waals surface area contributed by atoms with E-state index in [9.17, 15) is 4.79 Å². The molecule has 1 unspecified atom stereocenters. The average molecular weight is 264 g/mol. The molecule has 5 nitrogen and oxygen atoms in total. The van der Waals surface area contributed by atoms with E-state index in [0.29, 0.717) is 5.69 Å². The third-order valence-corrected chi connectivity index (χ3v) is 3.65. The van der Waals surface area contributed by atoms with Gasteiger partial charge in [0, 0.05) is 6.07 Å². The first-order valence-electron chi connectivity index (χ1n) is 5.97. The molecule has 2 N–H and O–H groups in total. The summed E-state index contributed by atoms with van der Waals surface area (Å²) >= 11 is 1.50. The van der Waals surface area contributed by atoms with Crippen molar-refractivity contribution in [2.24, 2.45) is 0 Å². The van der Waals surface area contributed by atoms with E-state index in [4.69, 9.17) is 0 Å². The zero-order valence-corrected chi connectivity index (χ0v) is 11.3. The molecule has 0 fully saturated rings. The summed E-state index contributed by atoms with van der Waals surface area (Å²) in [4.78, 5) is 14.0. The van der Waals surface area contributed by atoms with E-state index in [-0.39, 0.29) is 11.6 Å². The summed E-state index contributed by atoms with van der Waals surface area (Å²) in [6.07, 6.45) is 1.09. The minimum Gasteiger partial charge on any atom is -0.320 e. The van der Waals surface area contributed by atoms with Gasteiger partial charge in [0.1, 0.15) is 5.01 Å². The van der Waals surface area contributed by atoms with Gasteiger partial charge in [-0.05, 0) is 26.0 Å². The van der Waals surface area contributed by atoms with Crippen molar-refractivity contribution < 1.29 is 0 Å². The maximum atomic E-state index is 11.2. The molecule has 0 bridgehead atoms. The Hall–Kier alpha value is -1.53. The van der Waals surface area contributed by atoms with Crippen molar-refractivity contribution in [3.05, 3.63) is 33.6 Å². The van der Waals surface area contributed by atoms with E-state index in [1.165, 1.54) is 17.4 Å². The van der Waals surface area contributed by atoms with Crippen molar-refractivity contribution in [2.75, 3.05) is 6.54 Å². The van der Waals surface area contributed by atoms with Crippen LogP contribution >= 0.6 is 11.3 Å². The fourth-order valence-corrected chi connectivity index (χ4v) is 2.39. The second kappa shape index (κ2) is 5.88. The maximum absolute atomic E-state index is 11.2. The van der Waals surface area contributed by atoms with Gasteiger partial charge in [0.15, 0.2) is 5.01 Å². The molecule has 0 aliphatic rings. The molecule has 0 aliphatic heterocycles. The Balaban J connectivity index is 2.17. The van der Waals surface area contributed by atoms with E-state index in [1.807, 2.05) is 6.07 Å². The van der Waals surface area contributed by atoms with Gasteiger partial charge in [0.05, 0.1) is 11.7 Å². The lowest BCUT2D eigenvalue weighted by Gasteiger charge is -2.08. The predicted molar refractivity (Wildman–Crippen MR) is 72.7 cm³/mol. The molecule has 2 aromatic heterocycles. The van der Waals surface area contributed by atoms with Crippen molar-refractivity contribution >= 4 is 11.3 Å². The van der Waals surface area contributed by atoms with Crippen LogP contribution in [-0.2, 0) is 0 Å². The molecule has 0 aromatic carbocycles. The van der Waals surface area contributed by atoms with Gasteiger partial charge in [-0.2, -0.15) is 0 Å². The first-order valence-corrected chi connectivity index (χ1v) is 6.79. The number of hydrogen-bond donors (Lipinski definition) is 2. The molecule has 0 radical (unpaired) electrons. The van der Waals surface area contributed by atoms with Gasteiger partial charge in [-0.25, -0.2) is 0 Å². The fourth-order valence-electron chi connectivity index (χ4n) is 1.54. The summed E-state index contributed by atoms with van der Waals surface area (Å²) in [6.45, 7) is 5.14. The largest absolute Gasteiger partial charge is 0.320 e. The van der Waals surface area contributed by atoms with Crippen molar-refractivity contribution in [1.29, 1.82) is 0 Å². The molecule has 2 rings (SSSR count). The molecule has 0 saturated carbocycles. The van der Waals surface area contributed by atoms with Crippen LogP contribution in [0.5, 0.6) is 0 Å². The number of rotatable bonds is 5. The highest BCUT2D eigenvalue weighted by atomic mass is 32.1. The topological polar surface area (TPSA) is 70.7 Å². The van der Waals surface area contributed by atoms with Crippen LogP contribution in [0.2, 0.25) is 0 Å². The molecule has 2 heterocycles. The van der Waals surface area contributed by atoms with Crippen LogP contribution < -0.4 is 10.9 Å². The van der Waals surface area contributed by atoms with Gasteiger partial charge in [-0.15, -0.1) is 10.2 Å². The Morgan fingerprint density at radius 2 is 2.28 bits per heavy atom. The first-order chi connectivity index (χ1) is 8.70. The summed E-state index contributed by atoms with van der Waals surface area (Å²) < 4.78 is 0. The number of nitrogens with one attached hydrogen (secondary N) is 2. The smallest absolute Gasteiger partial charge is 0.248 e. The zero-order valence-electron chi connectivity index (χ0n) is 10.4. The van der Waals surface area contributed by atoms with Crippen molar-refractivity contribution in [2.45, 2.75) is 26.3 Å². The number of nitrogens with zero attached hydrogens (tertiary/aromatic N) is 2. The molecule has 18 heavy (non-hydrogen) atoms. The highest BCUT2D eigenvalue weighted by molar-refractivity contribution is 7.14. The monoisotopic (exact) mass is 264 g/mol. The van der Waals surface area contributed by atoms with E-state index >= 15 is 0 Å². The summed E-state index contributed by atoms with van der Waals surface area (Å²) in [5.41, 5.74) is 0.593. The third kappa shape index (κ3) is 3.02. The molecule has 6 heteroatoms. The normalized spacial score (nSPS) is 12.6. The maximum Gasteiger partial charge on any atom is 0.248 e. The quantitative estimate of drug-likeness (QED) is 0.866. The first kappa shape index (κ1) is 12.9. The molecular weight excluding hydrogens is 248 g/mol. The van der Waals surface area contributed by atoms with Crippen LogP contribution in [-0.4, -0.2) is 21.7 Å². The van der Waals surface area contributed by atoms with Gasteiger partial charge in [0.25, 0.3) is 0 Å². The van der Waals surface area contributed by atoms with Crippen LogP contribution in [0.25, 0.3) is 10.7 Å². The highest BCUT2D eigenvalue weighted by Gasteiger charge is 2.12. The Morgan fingerprint density at radius 1 is 1.44 bits per heavy atom. The van der Waals surface area contributed by atoms with E-state index < -0.39 is 0 Å². The Morgan fingerprint density at radius 3 is 3.00 bits per heavy atom. The average Bonchev–Trinajstić information content (AvgIpc) is 2.85. The van der Waals surface area contributed by atoms with Crippen molar-refractivity contribution in [3.63, 3.8) is 0 Å². The second-order valence-corrected chi connectivity index (χ2v) is 5.06. The Kier molecular flexibility index (Phi) is 4.22. The standard InChI is InChI=1S/C12H16N4OS/c1-3-7-13-8(2)11-15-16-12(18-11)9-5-4-6-10(17)14-9/h4-6,8,13H,3,7H2,1-2H3,(H,14,17). The van der Waals surface area contributed by atoms with Crippen LogP contribution in [0.4, 0.5) is 0 Å².